The Labute approximate surface area is 97.3 Å². The van der Waals surface area contributed by atoms with E-state index in [1.807, 2.05) is 0 Å². The van der Waals surface area contributed by atoms with Gasteiger partial charge in [0.1, 0.15) is 0 Å². The molecule has 1 saturated carbocycles. The number of rotatable bonds is 3. The molecule has 0 bridgehead atoms. The summed E-state index contributed by atoms with van der Waals surface area (Å²) in [6, 6.07) is 0.604. The van der Waals surface area contributed by atoms with Crippen LogP contribution >= 0.6 is 0 Å². The molecule has 2 aliphatic rings. The highest BCUT2D eigenvalue weighted by Gasteiger charge is 2.34. The van der Waals surface area contributed by atoms with Gasteiger partial charge in [0.15, 0.2) is 0 Å². The van der Waals surface area contributed by atoms with Gasteiger partial charge in [0, 0.05) is 12.6 Å². The first-order valence-corrected chi connectivity index (χ1v) is 6.45. The molecule has 1 saturated heterocycles. The number of carbonyl (C=O) groups is 1. The van der Waals surface area contributed by atoms with Crippen molar-refractivity contribution in [2.45, 2.75) is 38.1 Å². The molecular formula is C12H23N3O. The van der Waals surface area contributed by atoms with Crippen LogP contribution in [-0.2, 0) is 4.79 Å². The van der Waals surface area contributed by atoms with E-state index in [4.69, 9.17) is 11.5 Å². The lowest BCUT2D eigenvalue weighted by molar-refractivity contribution is -0.123. The van der Waals surface area contributed by atoms with Crippen molar-refractivity contribution in [3.63, 3.8) is 0 Å². The number of hydrogen-bond acceptors (Lipinski definition) is 3. The number of nitrogens with two attached hydrogens (primary N) is 2. The average molecular weight is 225 g/mol. The van der Waals surface area contributed by atoms with Crippen LogP contribution in [0.2, 0.25) is 0 Å². The number of likely N-dealkylation sites (tertiary alicyclic amines) is 1. The summed E-state index contributed by atoms with van der Waals surface area (Å²) in [4.78, 5) is 13.7. The lowest BCUT2D eigenvalue weighted by Gasteiger charge is -2.38. The fourth-order valence-electron chi connectivity index (χ4n) is 3.31. The first-order valence-electron chi connectivity index (χ1n) is 6.45. The van der Waals surface area contributed by atoms with Gasteiger partial charge in [0.25, 0.3) is 0 Å². The van der Waals surface area contributed by atoms with E-state index in [2.05, 4.69) is 4.90 Å². The summed E-state index contributed by atoms with van der Waals surface area (Å²) in [7, 11) is 0. The van der Waals surface area contributed by atoms with E-state index in [9.17, 15) is 4.79 Å². The maximum atomic E-state index is 11.2. The van der Waals surface area contributed by atoms with Crippen LogP contribution < -0.4 is 11.5 Å². The van der Waals surface area contributed by atoms with E-state index >= 15 is 0 Å². The zero-order chi connectivity index (χ0) is 11.5. The fraction of sp³-hybridized carbons (Fsp3) is 0.917. The summed E-state index contributed by atoms with van der Waals surface area (Å²) in [6.45, 7) is 2.75. The quantitative estimate of drug-likeness (QED) is 0.726. The smallest absolute Gasteiger partial charge is 0.221 e. The number of piperidine rings is 1. The molecule has 4 nitrogen and oxygen atoms in total. The maximum Gasteiger partial charge on any atom is 0.221 e. The molecule has 2 fully saturated rings. The van der Waals surface area contributed by atoms with Gasteiger partial charge in [-0.25, -0.2) is 0 Å². The van der Waals surface area contributed by atoms with Crippen LogP contribution in [0.1, 0.15) is 32.1 Å². The topological polar surface area (TPSA) is 72.3 Å². The van der Waals surface area contributed by atoms with E-state index in [0.29, 0.717) is 12.0 Å². The lowest BCUT2D eigenvalue weighted by atomic mass is 9.93. The highest BCUT2D eigenvalue weighted by atomic mass is 16.1. The largest absolute Gasteiger partial charge is 0.369 e. The average Bonchev–Trinajstić information content (AvgIpc) is 2.77. The van der Waals surface area contributed by atoms with Crippen LogP contribution in [0.25, 0.3) is 0 Å². The summed E-state index contributed by atoms with van der Waals surface area (Å²) in [5, 5.41) is 0. The van der Waals surface area contributed by atoms with E-state index in [-0.39, 0.29) is 11.8 Å². The standard InChI is InChI=1S/C12H23N3O/c13-7-9-3-1-5-11(9)15-6-2-4-10(8-15)12(14)16/h9-11H,1-8,13H2,(H2,14,16). The molecule has 3 unspecified atom stereocenters. The Bertz CT molecular complexity index is 257. The number of carbonyl (C=O) groups excluding carboxylic acids is 1. The minimum Gasteiger partial charge on any atom is -0.369 e. The second kappa shape index (κ2) is 5.15. The summed E-state index contributed by atoms with van der Waals surface area (Å²) in [5.41, 5.74) is 11.2. The van der Waals surface area contributed by atoms with E-state index in [0.717, 1.165) is 32.5 Å². The van der Waals surface area contributed by atoms with Crippen molar-refractivity contribution in [2.24, 2.45) is 23.3 Å². The van der Waals surface area contributed by atoms with Gasteiger partial charge in [0.05, 0.1) is 5.92 Å². The van der Waals surface area contributed by atoms with Crippen molar-refractivity contribution >= 4 is 5.91 Å². The Kier molecular flexibility index (Phi) is 3.82. The third-order valence-corrected chi connectivity index (χ3v) is 4.25. The van der Waals surface area contributed by atoms with Crippen molar-refractivity contribution < 1.29 is 4.79 Å². The molecule has 1 amide bonds. The normalized spacial score (nSPS) is 36.4. The zero-order valence-corrected chi connectivity index (χ0v) is 9.90. The van der Waals surface area contributed by atoms with Crippen molar-refractivity contribution in [2.75, 3.05) is 19.6 Å². The maximum absolute atomic E-state index is 11.2. The van der Waals surface area contributed by atoms with Gasteiger partial charge >= 0.3 is 0 Å². The van der Waals surface area contributed by atoms with Crippen molar-refractivity contribution in [3.05, 3.63) is 0 Å². The number of hydrogen-bond donors (Lipinski definition) is 2. The molecule has 16 heavy (non-hydrogen) atoms. The summed E-state index contributed by atoms with van der Waals surface area (Å²) in [5.74, 6) is 0.561. The van der Waals surface area contributed by atoms with Crippen LogP contribution in [0.3, 0.4) is 0 Å². The Morgan fingerprint density at radius 3 is 2.75 bits per heavy atom. The first-order chi connectivity index (χ1) is 7.72. The fourth-order valence-corrected chi connectivity index (χ4v) is 3.31. The molecule has 4 N–H and O–H groups in total. The van der Waals surface area contributed by atoms with Gasteiger partial charge in [-0.15, -0.1) is 0 Å². The molecule has 1 aliphatic carbocycles. The summed E-state index contributed by atoms with van der Waals surface area (Å²) in [6.07, 6.45) is 5.84. The highest BCUT2D eigenvalue weighted by molar-refractivity contribution is 5.76. The Morgan fingerprint density at radius 1 is 1.25 bits per heavy atom. The van der Waals surface area contributed by atoms with Gasteiger partial charge in [-0.1, -0.05) is 6.42 Å². The molecule has 2 rings (SSSR count). The van der Waals surface area contributed by atoms with Gasteiger partial charge in [0.2, 0.25) is 5.91 Å². The molecule has 0 aromatic carbocycles. The lowest BCUT2D eigenvalue weighted by Crippen LogP contribution is -2.48. The Balaban J connectivity index is 1.95. The summed E-state index contributed by atoms with van der Waals surface area (Å²) >= 11 is 0. The predicted molar refractivity (Wildman–Crippen MR) is 63.7 cm³/mol. The third-order valence-electron chi connectivity index (χ3n) is 4.25. The molecule has 0 aromatic rings. The first kappa shape index (κ1) is 11.9. The number of amides is 1. The predicted octanol–water partition coefficient (Wildman–Crippen LogP) is 0.311. The Hall–Kier alpha value is -0.610. The van der Waals surface area contributed by atoms with Crippen molar-refractivity contribution in [1.82, 2.24) is 4.90 Å². The van der Waals surface area contributed by atoms with Gasteiger partial charge in [-0.2, -0.15) is 0 Å². The van der Waals surface area contributed by atoms with Gasteiger partial charge in [-0.3, -0.25) is 9.69 Å². The van der Waals surface area contributed by atoms with Crippen LogP contribution in [0.4, 0.5) is 0 Å². The third kappa shape index (κ3) is 2.38. The molecule has 3 atom stereocenters. The molecule has 4 heteroatoms. The molecule has 1 aliphatic heterocycles. The second-order valence-corrected chi connectivity index (χ2v) is 5.23. The zero-order valence-electron chi connectivity index (χ0n) is 9.90. The van der Waals surface area contributed by atoms with E-state index in [1.54, 1.807) is 0 Å². The number of primary amides is 1. The molecule has 1 heterocycles. The van der Waals surface area contributed by atoms with Gasteiger partial charge in [-0.05, 0) is 44.7 Å². The van der Waals surface area contributed by atoms with E-state index in [1.165, 1.54) is 19.3 Å². The molecule has 0 aromatic heterocycles. The Morgan fingerprint density at radius 2 is 2.06 bits per heavy atom. The molecule has 0 radical (unpaired) electrons. The van der Waals surface area contributed by atoms with E-state index < -0.39 is 0 Å². The van der Waals surface area contributed by atoms with Crippen molar-refractivity contribution in [3.8, 4) is 0 Å². The van der Waals surface area contributed by atoms with Gasteiger partial charge < -0.3 is 11.5 Å². The summed E-state index contributed by atoms with van der Waals surface area (Å²) < 4.78 is 0. The minimum atomic E-state index is -0.132. The molecule has 0 spiro atoms. The van der Waals surface area contributed by atoms with Crippen LogP contribution in [0.15, 0.2) is 0 Å². The number of nitrogens with zero attached hydrogens (tertiary/aromatic N) is 1. The molecular weight excluding hydrogens is 202 g/mol. The minimum absolute atomic E-state index is 0.0628. The SMILES string of the molecule is NCC1CCCC1N1CCCC(C(N)=O)C1. The van der Waals surface area contributed by atoms with Crippen LogP contribution in [0, 0.1) is 11.8 Å². The van der Waals surface area contributed by atoms with Crippen LogP contribution in [0.5, 0.6) is 0 Å². The monoisotopic (exact) mass is 225 g/mol. The highest BCUT2D eigenvalue weighted by Crippen LogP contribution is 2.31. The second-order valence-electron chi connectivity index (χ2n) is 5.23. The van der Waals surface area contributed by atoms with Crippen molar-refractivity contribution in [1.29, 1.82) is 0 Å². The van der Waals surface area contributed by atoms with Crippen LogP contribution in [-0.4, -0.2) is 36.5 Å². The molecule has 92 valence electrons.